The number of carbonyl (C=O) groups is 1. The van der Waals surface area contributed by atoms with Gasteiger partial charge in [-0.3, -0.25) is 4.79 Å². The third-order valence-electron chi connectivity index (χ3n) is 19.9. The van der Waals surface area contributed by atoms with Gasteiger partial charge in [-0.1, -0.05) is 366 Å². The number of hydrogen-bond donors (Lipinski definition) is 9. The van der Waals surface area contributed by atoms with E-state index in [1.807, 2.05) is 0 Å². The number of ether oxygens (including phenoxy) is 4. The number of amides is 1. The van der Waals surface area contributed by atoms with Crippen molar-refractivity contribution in [3.8, 4) is 0 Å². The van der Waals surface area contributed by atoms with Gasteiger partial charge in [0.2, 0.25) is 5.91 Å². The maximum Gasteiger partial charge on any atom is 0.220 e. The molecular formula is C90H155NO13. The first kappa shape index (κ1) is 96.2. The quantitative estimate of drug-likeness (QED) is 0.0204. The van der Waals surface area contributed by atoms with Gasteiger partial charge in [-0.2, -0.15) is 0 Å². The first-order valence-electron chi connectivity index (χ1n) is 42.4. The van der Waals surface area contributed by atoms with E-state index in [2.05, 4.69) is 153 Å². The van der Waals surface area contributed by atoms with Crippen molar-refractivity contribution in [1.82, 2.24) is 5.32 Å². The SMILES string of the molecule is CC/C=C\C/C=C\C/C=C\C/C=C\C/C=C\C/C=C\C/C=C\C/C=C\C/C=C\C/C=C\C/C=C\CCCCCC(=O)NC(COC1OC(CO)C(OC2OC(CO)C(O)C(O)C2O)C(O)C1O)C(O)CCCCCCCCCCCCCCCCCCCCCCCCCCCCCCCCCCC. The highest BCUT2D eigenvalue weighted by atomic mass is 16.7. The molecule has 2 aliphatic heterocycles. The van der Waals surface area contributed by atoms with Gasteiger partial charge in [-0.05, 0) is 96.3 Å². The molecule has 0 aromatic heterocycles. The van der Waals surface area contributed by atoms with Gasteiger partial charge < -0.3 is 65.1 Å². The van der Waals surface area contributed by atoms with Crippen LogP contribution in [0.5, 0.6) is 0 Å². The molecule has 2 rings (SSSR count). The molecule has 2 saturated heterocycles. The highest BCUT2D eigenvalue weighted by Crippen LogP contribution is 2.30. The maximum absolute atomic E-state index is 13.4. The van der Waals surface area contributed by atoms with Gasteiger partial charge in [-0.25, -0.2) is 0 Å². The number of unbranched alkanes of at least 4 members (excludes halogenated alkanes) is 35. The number of allylic oxidation sites excluding steroid dienone is 22. The van der Waals surface area contributed by atoms with Crippen molar-refractivity contribution in [3.05, 3.63) is 134 Å². The molecule has 0 aliphatic carbocycles. The lowest BCUT2D eigenvalue weighted by Crippen LogP contribution is -2.65. The Morgan fingerprint density at radius 3 is 1.01 bits per heavy atom. The zero-order valence-corrected chi connectivity index (χ0v) is 65.7. The molecular weight excluding hydrogens is 1300 g/mol. The second-order valence-corrected chi connectivity index (χ2v) is 29.2. The molecule has 2 aliphatic rings. The number of aliphatic hydroxyl groups is 8. The average Bonchev–Trinajstić information content (AvgIpc) is 0.790. The van der Waals surface area contributed by atoms with Crippen LogP contribution in [0.3, 0.4) is 0 Å². The minimum absolute atomic E-state index is 0.239. The summed E-state index contributed by atoms with van der Waals surface area (Å²) in [7, 11) is 0. The molecule has 0 saturated carbocycles. The Kier molecular flexibility index (Phi) is 66.6. The predicted molar refractivity (Wildman–Crippen MR) is 433 cm³/mol. The van der Waals surface area contributed by atoms with Crippen molar-refractivity contribution in [3.63, 3.8) is 0 Å². The van der Waals surface area contributed by atoms with Gasteiger partial charge in [0, 0.05) is 6.42 Å². The topological polar surface area (TPSA) is 228 Å². The monoisotopic (exact) mass is 1460 g/mol. The van der Waals surface area contributed by atoms with Gasteiger partial charge in [0.15, 0.2) is 12.6 Å². The summed E-state index contributed by atoms with van der Waals surface area (Å²) >= 11 is 0. The standard InChI is InChI=1S/C90H155NO13/c1-3-5-7-9-11-13-15-17-19-21-23-25-27-29-31-33-35-37-38-39-40-42-44-46-48-50-52-54-56-58-60-62-64-66-68-70-72-74-82(95)91-78(77-101-89-87(100)85(98)88(81(76-93)103-89)104-90-86(99)84(97)83(96)80(75-92)102-90)79(94)73-71-69-67-65-63-61-59-57-55-53-51-49-47-45-43-41-36-34-32-30-28-26-24-22-20-18-16-14-12-10-8-6-4-2/h5,7,11,13,17,19,23,25,29,31,35,37,39-40,44,46,50,52,56,58,62,64,78-81,83-90,92-94,96-100H,3-4,6,8-10,12,14-16,18,20-22,24,26-28,30,32-34,36,38,41-43,45,47-49,51,53-55,57,59-61,63,65-77H2,1-2H3,(H,91,95)/b7-5-,13-11-,19-17-,25-23-,31-29-,37-35-,40-39-,46-44-,52-50-,58-56-,64-62-. The molecule has 14 heteroatoms. The largest absolute Gasteiger partial charge is 0.394 e. The lowest BCUT2D eigenvalue weighted by molar-refractivity contribution is -0.359. The number of carbonyl (C=O) groups excluding carboxylic acids is 1. The lowest BCUT2D eigenvalue weighted by atomic mass is 9.97. The fraction of sp³-hybridized carbons (Fsp3) is 0.744. The molecule has 1 amide bonds. The van der Waals surface area contributed by atoms with Crippen molar-refractivity contribution in [2.75, 3.05) is 19.8 Å². The molecule has 12 unspecified atom stereocenters. The molecule has 0 aromatic rings. The number of aliphatic hydroxyl groups excluding tert-OH is 8. The molecule has 2 fully saturated rings. The van der Waals surface area contributed by atoms with Crippen LogP contribution in [0.15, 0.2) is 134 Å². The summed E-state index contributed by atoms with van der Waals surface area (Å²) in [6.45, 7) is 2.76. The normalized spacial score (nSPS) is 22.2. The fourth-order valence-electron chi connectivity index (χ4n) is 13.2. The van der Waals surface area contributed by atoms with E-state index in [1.165, 1.54) is 186 Å². The van der Waals surface area contributed by atoms with E-state index < -0.39 is 86.8 Å². The Hall–Kier alpha value is -3.87. The van der Waals surface area contributed by atoms with E-state index in [9.17, 15) is 45.6 Å². The molecule has 598 valence electrons. The van der Waals surface area contributed by atoms with Gasteiger partial charge in [0.1, 0.15) is 48.8 Å². The second-order valence-electron chi connectivity index (χ2n) is 29.2. The van der Waals surface area contributed by atoms with Crippen LogP contribution in [0, 0.1) is 0 Å². The molecule has 0 aromatic carbocycles. The van der Waals surface area contributed by atoms with Crippen molar-refractivity contribution in [2.24, 2.45) is 0 Å². The van der Waals surface area contributed by atoms with E-state index in [4.69, 9.17) is 18.9 Å². The van der Waals surface area contributed by atoms with Crippen LogP contribution in [0.25, 0.3) is 0 Å². The Bertz CT molecular complexity index is 2270. The number of hydrogen-bond acceptors (Lipinski definition) is 13. The van der Waals surface area contributed by atoms with Gasteiger partial charge in [-0.15, -0.1) is 0 Å². The van der Waals surface area contributed by atoms with E-state index in [1.54, 1.807) is 0 Å². The fourth-order valence-corrected chi connectivity index (χ4v) is 13.2. The third kappa shape index (κ3) is 53.8. The highest BCUT2D eigenvalue weighted by molar-refractivity contribution is 5.76. The van der Waals surface area contributed by atoms with Crippen molar-refractivity contribution in [2.45, 2.75) is 408 Å². The van der Waals surface area contributed by atoms with E-state index in [0.29, 0.717) is 12.8 Å². The molecule has 2 heterocycles. The summed E-state index contributed by atoms with van der Waals surface area (Å²) < 4.78 is 23.0. The third-order valence-corrected chi connectivity index (χ3v) is 19.9. The van der Waals surface area contributed by atoms with Gasteiger partial charge in [0.25, 0.3) is 0 Å². The molecule has 12 atom stereocenters. The van der Waals surface area contributed by atoms with Gasteiger partial charge >= 0.3 is 0 Å². The van der Waals surface area contributed by atoms with E-state index >= 15 is 0 Å². The van der Waals surface area contributed by atoms with E-state index in [-0.39, 0.29) is 18.9 Å². The summed E-state index contributed by atoms with van der Waals surface area (Å²) in [5.41, 5.74) is 0. The Balaban J connectivity index is 1.63. The van der Waals surface area contributed by atoms with Crippen LogP contribution in [0.1, 0.15) is 335 Å². The van der Waals surface area contributed by atoms with Crippen LogP contribution < -0.4 is 5.32 Å². The van der Waals surface area contributed by atoms with Crippen molar-refractivity contribution >= 4 is 5.91 Å². The number of rotatable bonds is 70. The second kappa shape index (κ2) is 72.0. The summed E-state index contributed by atoms with van der Waals surface area (Å²) in [6, 6.07) is -0.860. The van der Waals surface area contributed by atoms with Crippen molar-refractivity contribution < 1.29 is 64.6 Å². The smallest absolute Gasteiger partial charge is 0.220 e. The molecule has 104 heavy (non-hydrogen) atoms. The molecule has 0 bridgehead atoms. The van der Waals surface area contributed by atoms with E-state index in [0.717, 1.165) is 116 Å². The maximum atomic E-state index is 13.4. The van der Waals surface area contributed by atoms with Gasteiger partial charge in [0.05, 0.1) is 32.0 Å². The average molecular weight is 1460 g/mol. The Morgan fingerprint density at radius 2 is 0.663 bits per heavy atom. The number of nitrogens with one attached hydrogen (secondary N) is 1. The summed E-state index contributed by atoms with van der Waals surface area (Å²) in [6.07, 6.45) is 90.7. The highest BCUT2D eigenvalue weighted by Gasteiger charge is 2.51. The Labute approximate surface area is 634 Å². The minimum atomic E-state index is -1.79. The van der Waals surface area contributed by atoms with Crippen LogP contribution >= 0.6 is 0 Å². The molecule has 14 nitrogen and oxygen atoms in total. The summed E-state index contributed by atoms with van der Waals surface area (Å²) in [4.78, 5) is 13.4. The van der Waals surface area contributed by atoms with Crippen LogP contribution in [0.4, 0.5) is 0 Å². The zero-order chi connectivity index (χ0) is 75.1. The summed E-state index contributed by atoms with van der Waals surface area (Å²) in [5.74, 6) is -0.239. The van der Waals surface area contributed by atoms with Crippen LogP contribution in [-0.4, -0.2) is 140 Å². The lowest BCUT2D eigenvalue weighted by Gasteiger charge is -2.46. The molecule has 0 spiro atoms. The predicted octanol–water partition coefficient (Wildman–Crippen LogP) is 20.1. The minimum Gasteiger partial charge on any atom is -0.394 e. The summed E-state index contributed by atoms with van der Waals surface area (Å²) in [5, 5.41) is 87.9. The molecule has 9 N–H and O–H groups in total. The Morgan fingerprint density at radius 1 is 0.356 bits per heavy atom. The zero-order valence-electron chi connectivity index (χ0n) is 65.7. The van der Waals surface area contributed by atoms with Crippen LogP contribution in [0.2, 0.25) is 0 Å². The van der Waals surface area contributed by atoms with Crippen molar-refractivity contribution in [1.29, 1.82) is 0 Å². The first-order chi connectivity index (χ1) is 51.1. The first-order valence-corrected chi connectivity index (χ1v) is 42.4. The van der Waals surface area contributed by atoms with Crippen LogP contribution in [-0.2, 0) is 23.7 Å². The molecule has 0 radical (unpaired) electrons.